The van der Waals surface area contributed by atoms with Gasteiger partial charge in [-0.2, -0.15) is 0 Å². The second kappa shape index (κ2) is 6.32. The van der Waals surface area contributed by atoms with Crippen LogP contribution >= 0.6 is 0 Å². The van der Waals surface area contributed by atoms with Crippen LogP contribution in [0.5, 0.6) is 5.75 Å². The van der Waals surface area contributed by atoms with Gasteiger partial charge in [-0.05, 0) is 24.1 Å². The highest BCUT2D eigenvalue weighted by atomic mass is 19.1. The number of hydrogen-bond acceptors (Lipinski definition) is 1. The van der Waals surface area contributed by atoms with Gasteiger partial charge in [0.05, 0.1) is 6.61 Å². The van der Waals surface area contributed by atoms with Crippen molar-refractivity contribution in [2.45, 2.75) is 19.3 Å². The lowest BCUT2D eigenvalue weighted by Gasteiger charge is -2.17. The van der Waals surface area contributed by atoms with Crippen molar-refractivity contribution in [2.24, 2.45) is 0 Å². The molecule has 0 amide bonds. The summed E-state index contributed by atoms with van der Waals surface area (Å²) >= 11 is 0. The molecule has 0 saturated heterocycles. The highest BCUT2D eigenvalue weighted by Gasteiger charge is 2.14. The zero-order valence-corrected chi connectivity index (χ0v) is 10.8. The molecule has 0 aliphatic heterocycles. The molecule has 0 aliphatic carbocycles. The Balaban J connectivity index is 2.09. The van der Waals surface area contributed by atoms with Gasteiger partial charge in [0.2, 0.25) is 0 Å². The molecule has 0 N–H and O–H groups in total. The monoisotopic (exact) mass is 262 g/mol. The highest BCUT2D eigenvalue weighted by Crippen LogP contribution is 2.25. The van der Waals surface area contributed by atoms with Gasteiger partial charge in [0.25, 0.3) is 0 Å². The number of benzene rings is 2. The van der Waals surface area contributed by atoms with Crippen LogP contribution < -0.4 is 4.74 Å². The maximum Gasteiger partial charge on any atom is 0.190 e. The van der Waals surface area contributed by atoms with Crippen LogP contribution in [0.4, 0.5) is 8.78 Å². The molecule has 2 rings (SSSR count). The Bertz CT molecular complexity index is 505. The minimum absolute atomic E-state index is 0.125. The maximum absolute atomic E-state index is 13.4. The van der Waals surface area contributed by atoms with Crippen molar-refractivity contribution < 1.29 is 13.5 Å². The first-order valence-corrected chi connectivity index (χ1v) is 6.34. The van der Waals surface area contributed by atoms with E-state index >= 15 is 0 Å². The Morgan fingerprint density at radius 3 is 2.16 bits per heavy atom. The summed E-state index contributed by atoms with van der Waals surface area (Å²) in [6.07, 6.45) is 0.847. The Morgan fingerprint density at radius 2 is 1.58 bits per heavy atom. The van der Waals surface area contributed by atoms with Crippen molar-refractivity contribution in [3.63, 3.8) is 0 Å². The van der Waals surface area contributed by atoms with Crippen LogP contribution in [0.1, 0.15) is 24.8 Å². The lowest BCUT2D eigenvalue weighted by Crippen LogP contribution is -2.11. The van der Waals surface area contributed by atoms with Crippen LogP contribution in [0.15, 0.2) is 48.5 Å². The average molecular weight is 262 g/mol. The lowest BCUT2D eigenvalue weighted by atomic mass is 9.98. The molecular formula is C16H16F2O. The molecule has 0 fully saturated rings. The van der Waals surface area contributed by atoms with Crippen LogP contribution in [0.3, 0.4) is 0 Å². The molecule has 3 heteroatoms. The molecule has 0 saturated carbocycles. The van der Waals surface area contributed by atoms with Gasteiger partial charge < -0.3 is 4.74 Å². The van der Waals surface area contributed by atoms with Crippen molar-refractivity contribution in [3.05, 3.63) is 65.7 Å². The fourth-order valence-electron chi connectivity index (χ4n) is 1.98. The molecule has 1 nitrogen and oxygen atoms in total. The zero-order valence-electron chi connectivity index (χ0n) is 10.8. The molecule has 2 aromatic rings. The molecule has 2 aromatic carbocycles. The minimum atomic E-state index is -0.664. The predicted molar refractivity (Wildman–Crippen MR) is 71.3 cm³/mol. The van der Waals surface area contributed by atoms with Gasteiger partial charge >= 0.3 is 0 Å². The number of ether oxygens (including phenoxy) is 1. The van der Waals surface area contributed by atoms with Crippen LogP contribution in [0.25, 0.3) is 0 Å². The lowest BCUT2D eigenvalue weighted by molar-refractivity contribution is 0.259. The Labute approximate surface area is 111 Å². The zero-order chi connectivity index (χ0) is 13.7. The van der Waals surface area contributed by atoms with E-state index in [0.29, 0.717) is 0 Å². The number of hydrogen-bond donors (Lipinski definition) is 0. The van der Waals surface area contributed by atoms with Crippen molar-refractivity contribution in [2.75, 3.05) is 6.61 Å². The van der Waals surface area contributed by atoms with E-state index in [4.69, 9.17) is 4.74 Å². The molecule has 1 atom stereocenters. The first-order chi connectivity index (χ1) is 9.22. The summed E-state index contributed by atoms with van der Waals surface area (Å²) in [5, 5.41) is 0. The van der Waals surface area contributed by atoms with E-state index < -0.39 is 11.6 Å². The van der Waals surface area contributed by atoms with E-state index in [1.54, 1.807) is 0 Å². The first kappa shape index (κ1) is 13.5. The summed E-state index contributed by atoms with van der Waals surface area (Å²) in [7, 11) is 0. The standard InChI is InChI=1S/C16H16F2O/c1-2-12(13-7-4-3-5-8-13)11-19-16-14(17)9-6-10-15(16)18/h3-10,12H,2,11H2,1H3. The van der Waals surface area contributed by atoms with Gasteiger partial charge in [-0.15, -0.1) is 0 Å². The van der Waals surface area contributed by atoms with E-state index in [2.05, 4.69) is 0 Å². The summed E-state index contributed by atoms with van der Waals surface area (Å²) in [6.45, 7) is 2.29. The molecule has 0 radical (unpaired) electrons. The minimum Gasteiger partial charge on any atom is -0.487 e. The number of halogens is 2. The van der Waals surface area contributed by atoms with E-state index in [0.717, 1.165) is 12.0 Å². The molecule has 0 spiro atoms. The molecule has 0 aliphatic rings. The quantitative estimate of drug-likeness (QED) is 0.768. The van der Waals surface area contributed by atoms with Crippen molar-refractivity contribution in [1.82, 2.24) is 0 Å². The SMILES string of the molecule is CCC(COc1c(F)cccc1F)c1ccccc1. The fourth-order valence-corrected chi connectivity index (χ4v) is 1.98. The first-order valence-electron chi connectivity index (χ1n) is 6.34. The third-order valence-electron chi connectivity index (χ3n) is 3.11. The second-order valence-corrected chi connectivity index (χ2v) is 4.38. The van der Waals surface area contributed by atoms with Crippen LogP contribution in [-0.2, 0) is 0 Å². The van der Waals surface area contributed by atoms with E-state index in [9.17, 15) is 8.78 Å². The molecule has 0 aromatic heterocycles. The summed E-state index contributed by atoms with van der Waals surface area (Å²) in [4.78, 5) is 0. The predicted octanol–water partition coefficient (Wildman–Crippen LogP) is 4.54. The van der Waals surface area contributed by atoms with Crippen LogP contribution in [-0.4, -0.2) is 6.61 Å². The van der Waals surface area contributed by atoms with Crippen molar-refractivity contribution >= 4 is 0 Å². The van der Waals surface area contributed by atoms with Gasteiger partial charge in [-0.3, -0.25) is 0 Å². The smallest absolute Gasteiger partial charge is 0.190 e. The summed E-state index contributed by atoms with van der Waals surface area (Å²) in [6, 6.07) is 13.5. The van der Waals surface area contributed by atoms with Crippen molar-refractivity contribution in [3.8, 4) is 5.75 Å². The Hall–Kier alpha value is -1.90. The summed E-state index contributed by atoms with van der Waals surface area (Å²) in [5.74, 6) is -1.50. The van der Waals surface area contributed by atoms with Gasteiger partial charge in [-0.1, -0.05) is 43.3 Å². The molecule has 1 unspecified atom stereocenters. The van der Waals surface area contributed by atoms with Crippen LogP contribution in [0, 0.1) is 11.6 Å². The topological polar surface area (TPSA) is 9.23 Å². The average Bonchev–Trinajstić information content (AvgIpc) is 2.43. The van der Waals surface area contributed by atoms with E-state index in [-0.39, 0.29) is 18.3 Å². The maximum atomic E-state index is 13.4. The van der Waals surface area contributed by atoms with Crippen molar-refractivity contribution in [1.29, 1.82) is 0 Å². The summed E-state index contributed by atoms with van der Waals surface area (Å²) in [5.41, 5.74) is 1.11. The Kier molecular flexibility index (Phi) is 4.50. The number of para-hydroxylation sites is 1. The molecule has 0 heterocycles. The molecule has 0 bridgehead atoms. The van der Waals surface area contributed by atoms with E-state index in [1.165, 1.54) is 18.2 Å². The van der Waals surface area contributed by atoms with Gasteiger partial charge in [0.15, 0.2) is 17.4 Å². The van der Waals surface area contributed by atoms with E-state index in [1.807, 2.05) is 37.3 Å². The third-order valence-corrected chi connectivity index (χ3v) is 3.11. The van der Waals surface area contributed by atoms with Gasteiger partial charge in [-0.25, -0.2) is 8.78 Å². The largest absolute Gasteiger partial charge is 0.487 e. The second-order valence-electron chi connectivity index (χ2n) is 4.38. The molecular weight excluding hydrogens is 246 g/mol. The van der Waals surface area contributed by atoms with Crippen LogP contribution in [0.2, 0.25) is 0 Å². The third kappa shape index (κ3) is 3.31. The molecule has 19 heavy (non-hydrogen) atoms. The Morgan fingerprint density at radius 1 is 0.947 bits per heavy atom. The number of rotatable bonds is 5. The normalized spacial score (nSPS) is 12.2. The van der Waals surface area contributed by atoms with Gasteiger partial charge in [0.1, 0.15) is 0 Å². The van der Waals surface area contributed by atoms with Gasteiger partial charge in [0, 0.05) is 5.92 Å². The molecule has 100 valence electrons. The fraction of sp³-hybridized carbons (Fsp3) is 0.250. The summed E-state index contributed by atoms with van der Waals surface area (Å²) < 4.78 is 32.2. The highest BCUT2D eigenvalue weighted by molar-refractivity contribution is 5.26.